The van der Waals surface area contributed by atoms with Gasteiger partial charge in [-0.1, -0.05) is 99.2 Å². The lowest BCUT2D eigenvalue weighted by atomic mass is 10.1. The number of benzene rings is 3. The molecular formula is C38H54N2O2. The fourth-order valence-electron chi connectivity index (χ4n) is 5.84. The van der Waals surface area contributed by atoms with E-state index >= 15 is 0 Å². The molecule has 3 aromatic carbocycles. The van der Waals surface area contributed by atoms with Crippen LogP contribution in [0.3, 0.4) is 0 Å². The van der Waals surface area contributed by atoms with Crippen molar-refractivity contribution in [3.05, 3.63) is 96.1 Å². The molecule has 2 aliphatic rings. The van der Waals surface area contributed by atoms with E-state index < -0.39 is 0 Å². The zero-order valence-corrected chi connectivity index (χ0v) is 25.9. The van der Waals surface area contributed by atoms with Gasteiger partial charge >= 0.3 is 0 Å². The summed E-state index contributed by atoms with van der Waals surface area (Å²) >= 11 is 0. The smallest absolute Gasteiger partial charge is 0.119 e. The van der Waals surface area contributed by atoms with E-state index in [1.807, 2.05) is 24.3 Å². The minimum absolute atomic E-state index is 0.788. The Morgan fingerprint density at radius 1 is 0.381 bits per heavy atom. The van der Waals surface area contributed by atoms with Crippen molar-refractivity contribution in [3.8, 4) is 11.5 Å². The molecular weight excluding hydrogens is 516 g/mol. The van der Waals surface area contributed by atoms with E-state index in [4.69, 9.17) is 9.47 Å². The quantitative estimate of drug-likeness (QED) is 0.312. The molecule has 0 spiro atoms. The molecule has 0 aliphatic carbocycles. The van der Waals surface area contributed by atoms with Crippen LogP contribution < -0.4 is 9.47 Å². The second-order valence-corrected chi connectivity index (χ2v) is 11.9. The molecule has 0 atom stereocenters. The van der Waals surface area contributed by atoms with Gasteiger partial charge in [-0.25, -0.2) is 0 Å². The molecule has 2 heterocycles. The molecule has 0 amide bonds. The van der Waals surface area contributed by atoms with E-state index in [2.05, 4.69) is 70.5 Å². The molecule has 5 rings (SSSR count). The summed E-state index contributed by atoms with van der Waals surface area (Å²) in [5, 5.41) is 0. The molecule has 0 aromatic heterocycles. The Kier molecular flexibility index (Phi) is 15.4. The summed E-state index contributed by atoms with van der Waals surface area (Å²) in [5.74, 6) is 1.88. The minimum atomic E-state index is 0.788. The maximum atomic E-state index is 6.00. The lowest BCUT2D eigenvalue weighted by Gasteiger charge is -2.24. The van der Waals surface area contributed by atoms with Gasteiger partial charge in [-0.05, 0) is 100 Å². The number of fused-ring (bicyclic) bond motifs is 23. The van der Waals surface area contributed by atoms with Gasteiger partial charge in [0.05, 0.1) is 13.2 Å². The number of hydrogen-bond donors (Lipinski definition) is 0. The molecule has 0 fully saturated rings. The van der Waals surface area contributed by atoms with Crippen molar-refractivity contribution in [1.29, 1.82) is 0 Å². The molecule has 2 aliphatic heterocycles. The van der Waals surface area contributed by atoms with Gasteiger partial charge in [0, 0.05) is 13.1 Å². The van der Waals surface area contributed by atoms with Crippen LogP contribution in [0.5, 0.6) is 11.5 Å². The first-order chi connectivity index (χ1) is 20.8. The number of hydrogen-bond acceptors (Lipinski definition) is 4. The second kappa shape index (κ2) is 20.1. The zero-order chi connectivity index (χ0) is 28.9. The molecule has 42 heavy (non-hydrogen) atoms. The lowest BCUT2D eigenvalue weighted by molar-refractivity contribution is 0.240. The van der Waals surface area contributed by atoms with Crippen LogP contribution in [0.15, 0.2) is 84.9 Å². The maximum absolute atomic E-state index is 6.00. The highest BCUT2D eigenvalue weighted by molar-refractivity contribution is 5.31. The molecule has 0 radical (unpaired) electrons. The SMILES string of the molecule is c1ccc(CN2CCCCCCOc3ccc(cc3)OCCCCCCN(Cc3ccccc3)CCCCCC2)cc1. The average molecular weight is 571 g/mol. The van der Waals surface area contributed by atoms with Gasteiger partial charge in [-0.15, -0.1) is 0 Å². The highest BCUT2D eigenvalue weighted by atomic mass is 16.5. The first-order valence-electron chi connectivity index (χ1n) is 16.7. The molecule has 4 heteroatoms. The van der Waals surface area contributed by atoms with Crippen LogP contribution in [0.4, 0.5) is 0 Å². The number of nitrogens with zero attached hydrogens (tertiary/aromatic N) is 2. The van der Waals surface area contributed by atoms with Gasteiger partial charge in [0.25, 0.3) is 0 Å². The van der Waals surface area contributed by atoms with Gasteiger partial charge in [0.2, 0.25) is 0 Å². The normalized spacial score (nSPS) is 18.6. The van der Waals surface area contributed by atoms with Crippen molar-refractivity contribution >= 4 is 0 Å². The Balaban J connectivity index is 1.28. The van der Waals surface area contributed by atoms with E-state index in [0.717, 1.165) is 50.6 Å². The molecule has 3 aromatic rings. The summed E-state index contributed by atoms with van der Waals surface area (Å²) in [5.41, 5.74) is 2.86. The van der Waals surface area contributed by atoms with E-state index in [0.29, 0.717) is 0 Å². The summed E-state index contributed by atoms with van der Waals surface area (Å²) < 4.78 is 12.0. The highest BCUT2D eigenvalue weighted by Gasteiger charge is 2.09. The summed E-state index contributed by atoms with van der Waals surface area (Å²) in [6.07, 6.45) is 14.9. The van der Waals surface area contributed by atoms with Crippen LogP contribution in [0, 0.1) is 0 Å². The largest absolute Gasteiger partial charge is 0.494 e. The first kappa shape index (κ1) is 32.1. The van der Waals surface area contributed by atoms with Crippen molar-refractivity contribution in [2.24, 2.45) is 0 Å². The molecule has 0 unspecified atom stereocenters. The van der Waals surface area contributed by atoms with Gasteiger partial charge in [0.1, 0.15) is 11.5 Å². The molecule has 0 saturated carbocycles. The van der Waals surface area contributed by atoms with Gasteiger partial charge in [-0.2, -0.15) is 0 Å². The fourth-order valence-corrected chi connectivity index (χ4v) is 5.84. The van der Waals surface area contributed by atoms with Crippen molar-refractivity contribution in [2.45, 2.75) is 90.1 Å². The number of ether oxygens (including phenoxy) is 2. The third-order valence-electron chi connectivity index (χ3n) is 8.30. The number of rotatable bonds is 4. The third kappa shape index (κ3) is 13.4. The lowest BCUT2D eigenvalue weighted by Crippen LogP contribution is -2.26. The van der Waals surface area contributed by atoms with Crippen LogP contribution in [-0.2, 0) is 13.1 Å². The summed E-state index contributed by atoms with van der Waals surface area (Å²) in [6.45, 7) is 8.47. The Morgan fingerprint density at radius 2 is 0.714 bits per heavy atom. The maximum Gasteiger partial charge on any atom is 0.119 e. The topological polar surface area (TPSA) is 24.9 Å². The van der Waals surface area contributed by atoms with Crippen LogP contribution in [0.1, 0.15) is 88.2 Å². The standard InChI is InChI=1S/C38H54N2O2/c1-2-14-28-40(34-36-21-11-8-12-22-36)30-16-4-6-18-32-42-38-25-23-37(24-26-38)41-31-17-5-3-15-29-39(27-13-1)33-35-19-9-7-10-20-35/h7-12,19-26H,1-6,13-18,27-34H2. The van der Waals surface area contributed by atoms with Crippen LogP contribution in [0.25, 0.3) is 0 Å². The van der Waals surface area contributed by atoms with Crippen LogP contribution in [0.2, 0.25) is 0 Å². The van der Waals surface area contributed by atoms with E-state index in [1.54, 1.807) is 0 Å². The Morgan fingerprint density at radius 3 is 1.07 bits per heavy atom. The van der Waals surface area contributed by atoms with Crippen molar-refractivity contribution in [2.75, 3.05) is 39.4 Å². The first-order valence-corrected chi connectivity index (χ1v) is 16.7. The fraction of sp³-hybridized carbons (Fsp3) is 0.526. The highest BCUT2D eigenvalue weighted by Crippen LogP contribution is 2.19. The van der Waals surface area contributed by atoms with Crippen LogP contribution >= 0.6 is 0 Å². The van der Waals surface area contributed by atoms with Gasteiger partial charge < -0.3 is 9.47 Å². The third-order valence-corrected chi connectivity index (χ3v) is 8.30. The van der Waals surface area contributed by atoms with E-state index in [1.165, 1.54) is 102 Å². The zero-order valence-electron chi connectivity index (χ0n) is 25.9. The summed E-state index contributed by atoms with van der Waals surface area (Å²) in [4.78, 5) is 5.36. The Labute approximate surface area is 256 Å². The van der Waals surface area contributed by atoms with Gasteiger partial charge in [-0.3, -0.25) is 9.80 Å². The predicted molar refractivity (Wildman–Crippen MR) is 176 cm³/mol. The van der Waals surface area contributed by atoms with Gasteiger partial charge in [0.15, 0.2) is 0 Å². The summed E-state index contributed by atoms with van der Waals surface area (Å²) in [7, 11) is 0. The van der Waals surface area contributed by atoms with Crippen LogP contribution in [-0.4, -0.2) is 49.2 Å². The van der Waals surface area contributed by atoms with E-state index in [9.17, 15) is 0 Å². The second-order valence-electron chi connectivity index (χ2n) is 11.9. The van der Waals surface area contributed by atoms with Crippen molar-refractivity contribution < 1.29 is 9.47 Å². The predicted octanol–water partition coefficient (Wildman–Crippen LogP) is 9.14. The monoisotopic (exact) mass is 570 g/mol. The molecule has 4 nitrogen and oxygen atoms in total. The Bertz CT molecular complexity index is 971. The summed E-state index contributed by atoms with van der Waals surface area (Å²) in [6, 6.07) is 30.2. The molecule has 2 bridgehead atoms. The molecule has 0 N–H and O–H groups in total. The molecule has 228 valence electrons. The Hall–Kier alpha value is -2.82. The van der Waals surface area contributed by atoms with Crippen molar-refractivity contribution in [3.63, 3.8) is 0 Å². The average Bonchev–Trinajstić information content (AvgIpc) is 3.02. The molecule has 0 saturated heterocycles. The van der Waals surface area contributed by atoms with Crippen molar-refractivity contribution in [1.82, 2.24) is 9.80 Å². The minimum Gasteiger partial charge on any atom is -0.494 e. The van der Waals surface area contributed by atoms with E-state index in [-0.39, 0.29) is 0 Å².